The van der Waals surface area contributed by atoms with E-state index in [1.165, 1.54) is 0 Å². The summed E-state index contributed by atoms with van der Waals surface area (Å²) in [6.07, 6.45) is 2.46. The van der Waals surface area contributed by atoms with E-state index in [1.807, 2.05) is 0 Å². The Balaban J connectivity index is 1.64. The highest BCUT2D eigenvalue weighted by molar-refractivity contribution is 7.92. The Morgan fingerprint density at radius 2 is 1.82 bits per heavy atom. The van der Waals surface area contributed by atoms with Gasteiger partial charge in [-0.2, -0.15) is 0 Å². The van der Waals surface area contributed by atoms with Gasteiger partial charge in [0.25, 0.3) is 5.91 Å². The van der Waals surface area contributed by atoms with Gasteiger partial charge in [0.05, 0.1) is 33.7 Å². The molecule has 0 aliphatic heterocycles. The zero-order chi connectivity index (χ0) is 23.8. The van der Waals surface area contributed by atoms with Gasteiger partial charge in [0.2, 0.25) is 0 Å². The number of hydrogen-bond acceptors (Lipinski definition) is 6. The molecule has 1 amide bonds. The molecule has 170 valence electrons. The van der Waals surface area contributed by atoms with Gasteiger partial charge in [-0.1, -0.05) is 24.3 Å². The molecule has 0 spiro atoms. The first-order valence-electron chi connectivity index (χ1n) is 10.4. The highest BCUT2D eigenvalue weighted by Crippen LogP contribution is 2.25. The highest BCUT2D eigenvalue weighted by Gasteiger charge is 2.20. The summed E-state index contributed by atoms with van der Waals surface area (Å²) in [7, 11) is -3.37. The van der Waals surface area contributed by atoms with E-state index in [0.29, 0.717) is 39.2 Å². The maximum atomic E-state index is 12.9. The van der Waals surface area contributed by atoms with Crippen molar-refractivity contribution in [3.8, 4) is 11.3 Å². The average Bonchev–Trinajstić information content (AvgIpc) is 3.22. The van der Waals surface area contributed by atoms with Crippen LogP contribution in [0, 0.1) is 0 Å². The van der Waals surface area contributed by atoms with Crippen molar-refractivity contribution in [2.45, 2.75) is 37.0 Å². The lowest BCUT2D eigenvalue weighted by Crippen LogP contribution is -2.13. The number of nitrogens with zero attached hydrogens (tertiary/aromatic N) is 2. The molecule has 0 aliphatic carbocycles. The number of carbonyl (C=O) groups excluding carboxylic acids is 1. The third kappa shape index (κ3) is 4.50. The van der Waals surface area contributed by atoms with Crippen molar-refractivity contribution in [1.82, 2.24) is 15.0 Å². The van der Waals surface area contributed by atoms with E-state index in [-0.39, 0.29) is 10.8 Å². The lowest BCUT2D eigenvalue weighted by Gasteiger charge is -2.09. The fraction of sp³-hybridized carbons (Fsp3) is 0.208. The van der Waals surface area contributed by atoms with Gasteiger partial charge in [0.15, 0.2) is 15.5 Å². The lowest BCUT2D eigenvalue weighted by atomic mass is 10.1. The fourth-order valence-electron chi connectivity index (χ4n) is 3.37. The molecule has 0 saturated carbocycles. The number of aromatic nitrogens is 3. The van der Waals surface area contributed by atoms with Gasteiger partial charge < -0.3 is 15.4 Å². The summed E-state index contributed by atoms with van der Waals surface area (Å²) in [5, 5.41) is 12.1. The van der Waals surface area contributed by atoms with Crippen LogP contribution in [0.3, 0.4) is 0 Å². The number of rotatable bonds is 6. The van der Waals surface area contributed by atoms with Crippen LogP contribution in [0.5, 0.6) is 0 Å². The normalized spacial score (nSPS) is 12.8. The molecule has 0 saturated heterocycles. The molecule has 1 atom stereocenters. The maximum Gasteiger partial charge on any atom is 0.259 e. The zero-order valence-corrected chi connectivity index (χ0v) is 19.2. The van der Waals surface area contributed by atoms with E-state index >= 15 is 0 Å². The van der Waals surface area contributed by atoms with Gasteiger partial charge in [-0.25, -0.2) is 18.4 Å². The van der Waals surface area contributed by atoms with Crippen molar-refractivity contribution in [1.29, 1.82) is 0 Å². The largest absolute Gasteiger partial charge is 0.389 e. The van der Waals surface area contributed by atoms with Gasteiger partial charge in [0, 0.05) is 17.4 Å². The van der Waals surface area contributed by atoms with Gasteiger partial charge in [-0.15, -0.1) is 0 Å². The van der Waals surface area contributed by atoms with Crippen molar-refractivity contribution >= 4 is 32.6 Å². The molecule has 2 heterocycles. The number of benzene rings is 2. The number of carbonyl (C=O) groups is 1. The quantitative estimate of drug-likeness (QED) is 0.394. The van der Waals surface area contributed by atoms with Crippen LogP contribution in [-0.4, -0.2) is 39.6 Å². The molecule has 8 nitrogen and oxygen atoms in total. The predicted molar refractivity (Wildman–Crippen MR) is 127 cm³/mol. The van der Waals surface area contributed by atoms with Crippen molar-refractivity contribution in [2.24, 2.45) is 0 Å². The number of amides is 1. The van der Waals surface area contributed by atoms with Crippen LogP contribution in [0.4, 0.5) is 5.69 Å². The number of H-pyrrole nitrogens is 1. The number of hydrogen-bond donors (Lipinski definition) is 3. The number of sulfone groups is 1. The monoisotopic (exact) mass is 464 g/mol. The number of aromatic amines is 1. The van der Waals surface area contributed by atoms with Crippen molar-refractivity contribution in [2.75, 3.05) is 5.32 Å². The Hall–Kier alpha value is -3.56. The summed E-state index contributed by atoms with van der Waals surface area (Å²) >= 11 is 0. The first-order chi connectivity index (χ1) is 15.7. The molecule has 2 aromatic heterocycles. The van der Waals surface area contributed by atoms with Crippen LogP contribution >= 0.6 is 0 Å². The SMILES string of the molecule is CC(O)c1cccc(NC(=O)c2c[nH]c3ncc(-c4ccc(S(=O)(=O)C(C)C)cc4)nc23)c1. The zero-order valence-electron chi connectivity index (χ0n) is 18.4. The summed E-state index contributed by atoms with van der Waals surface area (Å²) < 4.78 is 24.7. The Morgan fingerprint density at radius 3 is 2.48 bits per heavy atom. The number of aliphatic hydroxyl groups is 1. The van der Waals surface area contributed by atoms with Crippen molar-refractivity contribution in [3.05, 3.63) is 72.1 Å². The van der Waals surface area contributed by atoms with E-state index in [9.17, 15) is 18.3 Å². The van der Waals surface area contributed by atoms with E-state index in [0.717, 1.165) is 0 Å². The van der Waals surface area contributed by atoms with Gasteiger partial charge in [-0.05, 0) is 50.6 Å². The topological polar surface area (TPSA) is 125 Å². The smallest absolute Gasteiger partial charge is 0.259 e. The van der Waals surface area contributed by atoms with Crippen LogP contribution in [0.1, 0.15) is 42.8 Å². The van der Waals surface area contributed by atoms with Gasteiger partial charge in [0.1, 0.15) is 5.52 Å². The molecule has 3 N–H and O–H groups in total. The minimum atomic E-state index is -3.37. The molecule has 0 bridgehead atoms. The summed E-state index contributed by atoms with van der Waals surface area (Å²) in [6.45, 7) is 4.94. The second kappa shape index (κ2) is 8.76. The molecular weight excluding hydrogens is 440 g/mol. The van der Waals surface area contributed by atoms with Crippen LogP contribution < -0.4 is 5.32 Å². The molecule has 0 fully saturated rings. The standard InChI is InChI=1S/C24H24N4O4S/c1-14(2)33(31,32)19-9-7-16(8-10-19)21-13-26-23-22(28-21)20(12-25-23)24(30)27-18-6-4-5-17(11-18)15(3)29/h4-15,29H,1-3H3,(H,25,26)(H,27,30). The molecule has 1 unspecified atom stereocenters. The second-order valence-electron chi connectivity index (χ2n) is 8.03. The van der Waals surface area contributed by atoms with Crippen molar-refractivity contribution < 1.29 is 18.3 Å². The highest BCUT2D eigenvalue weighted by atomic mass is 32.2. The number of aliphatic hydroxyl groups excluding tert-OH is 1. The molecule has 4 rings (SSSR count). The van der Waals surface area contributed by atoms with Crippen molar-refractivity contribution in [3.63, 3.8) is 0 Å². The van der Waals surface area contributed by atoms with Gasteiger partial charge >= 0.3 is 0 Å². The summed E-state index contributed by atoms with van der Waals surface area (Å²) in [5.41, 5.74) is 3.62. The molecule has 33 heavy (non-hydrogen) atoms. The van der Waals surface area contributed by atoms with Gasteiger partial charge in [-0.3, -0.25) is 4.79 Å². The van der Waals surface area contributed by atoms with Crippen LogP contribution in [0.25, 0.3) is 22.4 Å². The van der Waals surface area contributed by atoms with Crippen LogP contribution in [0.2, 0.25) is 0 Å². The summed E-state index contributed by atoms with van der Waals surface area (Å²) in [4.78, 5) is 25.1. The third-order valence-corrected chi connectivity index (χ3v) is 7.52. The lowest BCUT2D eigenvalue weighted by molar-refractivity contribution is 0.102. The second-order valence-corrected chi connectivity index (χ2v) is 10.5. The Labute approximate surface area is 191 Å². The minimum Gasteiger partial charge on any atom is -0.389 e. The predicted octanol–water partition coefficient (Wildman–Crippen LogP) is 4.11. The molecular formula is C24H24N4O4S. The van der Waals surface area contributed by atoms with Crippen LogP contribution in [0.15, 0.2) is 65.8 Å². The number of anilines is 1. The number of nitrogens with one attached hydrogen (secondary N) is 2. The number of fused-ring (bicyclic) bond motifs is 1. The van der Waals surface area contributed by atoms with E-state index in [2.05, 4.69) is 20.3 Å². The summed E-state index contributed by atoms with van der Waals surface area (Å²) in [6, 6.07) is 13.4. The molecule has 0 aliphatic rings. The Morgan fingerprint density at radius 1 is 1.09 bits per heavy atom. The first kappa shape index (κ1) is 22.6. The van der Waals surface area contributed by atoms with Crippen LogP contribution in [-0.2, 0) is 9.84 Å². The summed E-state index contributed by atoms with van der Waals surface area (Å²) in [5.74, 6) is -0.367. The Kier molecular flexibility index (Phi) is 6.01. The molecule has 2 aromatic carbocycles. The van der Waals surface area contributed by atoms with E-state index in [1.54, 1.807) is 81.7 Å². The van der Waals surface area contributed by atoms with E-state index < -0.39 is 21.2 Å². The molecule has 4 aromatic rings. The maximum absolute atomic E-state index is 12.9. The third-order valence-electron chi connectivity index (χ3n) is 5.35. The minimum absolute atomic E-state index is 0.247. The molecule has 0 radical (unpaired) electrons. The van der Waals surface area contributed by atoms with E-state index in [4.69, 9.17) is 0 Å². The average molecular weight is 465 g/mol. The fourth-order valence-corrected chi connectivity index (χ4v) is 4.43. The molecule has 9 heteroatoms. The Bertz CT molecular complexity index is 1420. The first-order valence-corrected chi connectivity index (χ1v) is 12.0.